The molecule has 1 N–H and O–H groups in total. The molecule has 1 heterocycles. The summed E-state index contributed by atoms with van der Waals surface area (Å²) in [6, 6.07) is 3.88. The van der Waals surface area contributed by atoms with Gasteiger partial charge in [-0.3, -0.25) is 0 Å². The third-order valence-corrected chi connectivity index (χ3v) is 4.35. The topological polar surface area (TPSA) is 39.7 Å². The number of rotatable bonds is 6. The van der Waals surface area contributed by atoms with Crippen molar-refractivity contribution in [2.75, 3.05) is 34.0 Å². The number of methoxy groups -OCH3 is 2. The van der Waals surface area contributed by atoms with Crippen LogP contribution in [0.2, 0.25) is 5.02 Å². The van der Waals surface area contributed by atoms with Gasteiger partial charge in [-0.05, 0) is 36.0 Å². The number of ether oxygens (including phenoxy) is 3. The fourth-order valence-corrected chi connectivity index (χ4v) is 2.93. The van der Waals surface area contributed by atoms with Gasteiger partial charge in [0, 0.05) is 26.3 Å². The molecule has 0 amide bonds. The van der Waals surface area contributed by atoms with Crippen LogP contribution < -0.4 is 14.8 Å². The molecule has 118 valence electrons. The minimum atomic E-state index is 0.318. The lowest BCUT2D eigenvalue weighted by molar-refractivity contribution is 0.0240. The molecule has 0 saturated carbocycles. The van der Waals surface area contributed by atoms with Gasteiger partial charge in [-0.25, -0.2) is 0 Å². The van der Waals surface area contributed by atoms with Crippen LogP contribution in [0.15, 0.2) is 12.1 Å². The van der Waals surface area contributed by atoms with E-state index in [1.165, 1.54) is 0 Å². The lowest BCUT2D eigenvalue weighted by Gasteiger charge is -2.33. The minimum absolute atomic E-state index is 0.318. The summed E-state index contributed by atoms with van der Waals surface area (Å²) in [5.41, 5.74) is 1.41. The second-order valence-corrected chi connectivity index (χ2v) is 6.25. The van der Waals surface area contributed by atoms with Gasteiger partial charge in [0.05, 0.1) is 19.2 Å². The van der Waals surface area contributed by atoms with Crippen molar-refractivity contribution in [3.63, 3.8) is 0 Å². The second kappa shape index (κ2) is 7.34. The third kappa shape index (κ3) is 4.25. The fraction of sp³-hybridized carbons (Fsp3) is 0.625. The molecular formula is C16H24ClNO3. The molecule has 1 aromatic rings. The van der Waals surface area contributed by atoms with Crippen LogP contribution in [0.3, 0.4) is 0 Å². The van der Waals surface area contributed by atoms with Crippen molar-refractivity contribution in [2.24, 2.45) is 5.41 Å². The Morgan fingerprint density at radius 1 is 1.24 bits per heavy atom. The van der Waals surface area contributed by atoms with E-state index in [4.69, 9.17) is 25.8 Å². The van der Waals surface area contributed by atoms with Gasteiger partial charge in [-0.15, -0.1) is 0 Å². The SMILES string of the molecule is COc1cc(CNCC2(C)CCOCC2)cc(Cl)c1OC. The zero-order valence-corrected chi connectivity index (χ0v) is 13.8. The summed E-state index contributed by atoms with van der Waals surface area (Å²) < 4.78 is 16.0. The van der Waals surface area contributed by atoms with Crippen LogP contribution in [0, 0.1) is 5.41 Å². The highest BCUT2D eigenvalue weighted by Gasteiger charge is 2.26. The van der Waals surface area contributed by atoms with E-state index < -0.39 is 0 Å². The lowest BCUT2D eigenvalue weighted by atomic mass is 9.82. The fourth-order valence-electron chi connectivity index (χ4n) is 2.62. The molecule has 2 rings (SSSR count). The molecule has 0 radical (unpaired) electrons. The number of nitrogens with one attached hydrogen (secondary N) is 1. The van der Waals surface area contributed by atoms with Crippen molar-refractivity contribution in [3.8, 4) is 11.5 Å². The smallest absolute Gasteiger partial charge is 0.179 e. The van der Waals surface area contributed by atoms with E-state index >= 15 is 0 Å². The number of hydrogen-bond donors (Lipinski definition) is 1. The molecule has 1 aliphatic heterocycles. The molecule has 1 aliphatic rings. The molecule has 5 heteroatoms. The van der Waals surface area contributed by atoms with E-state index in [1.807, 2.05) is 12.1 Å². The first-order chi connectivity index (χ1) is 10.1. The Kier molecular flexibility index (Phi) is 5.73. The number of benzene rings is 1. The summed E-state index contributed by atoms with van der Waals surface area (Å²) in [4.78, 5) is 0. The molecule has 1 aromatic carbocycles. The van der Waals surface area contributed by atoms with E-state index in [1.54, 1.807) is 14.2 Å². The standard InChI is InChI=1S/C16H24ClNO3/c1-16(4-6-21-7-5-16)11-18-10-12-8-13(17)15(20-3)14(9-12)19-2/h8-9,18H,4-7,10-11H2,1-3H3. The Morgan fingerprint density at radius 2 is 1.95 bits per heavy atom. The van der Waals surface area contributed by atoms with Gasteiger partial charge in [0.2, 0.25) is 0 Å². The molecule has 1 saturated heterocycles. The first-order valence-electron chi connectivity index (χ1n) is 7.27. The minimum Gasteiger partial charge on any atom is -0.493 e. The molecule has 21 heavy (non-hydrogen) atoms. The van der Waals surface area contributed by atoms with Gasteiger partial charge in [0.15, 0.2) is 11.5 Å². The van der Waals surface area contributed by atoms with E-state index in [0.29, 0.717) is 21.9 Å². The highest BCUT2D eigenvalue weighted by atomic mass is 35.5. The summed E-state index contributed by atoms with van der Waals surface area (Å²) in [6.45, 7) is 5.77. The molecule has 0 atom stereocenters. The summed E-state index contributed by atoms with van der Waals surface area (Å²) in [6.07, 6.45) is 2.21. The molecule has 1 fully saturated rings. The van der Waals surface area contributed by atoms with Crippen molar-refractivity contribution < 1.29 is 14.2 Å². The predicted octanol–water partition coefficient (Wildman–Crippen LogP) is 3.26. The van der Waals surface area contributed by atoms with E-state index in [2.05, 4.69) is 12.2 Å². The first-order valence-corrected chi connectivity index (χ1v) is 7.65. The highest BCUT2D eigenvalue weighted by Crippen LogP contribution is 2.36. The summed E-state index contributed by atoms with van der Waals surface area (Å²) >= 11 is 6.22. The zero-order chi connectivity index (χ0) is 15.3. The summed E-state index contributed by atoms with van der Waals surface area (Å²) in [5.74, 6) is 1.25. The molecule has 4 nitrogen and oxygen atoms in total. The first kappa shape index (κ1) is 16.4. The predicted molar refractivity (Wildman–Crippen MR) is 84.4 cm³/mol. The second-order valence-electron chi connectivity index (χ2n) is 5.84. The Balaban J connectivity index is 1.95. The van der Waals surface area contributed by atoms with Crippen LogP contribution in [0.4, 0.5) is 0 Å². The van der Waals surface area contributed by atoms with Crippen molar-refractivity contribution in [1.82, 2.24) is 5.32 Å². The van der Waals surface area contributed by atoms with Gasteiger partial charge >= 0.3 is 0 Å². The van der Waals surface area contributed by atoms with Gasteiger partial charge < -0.3 is 19.5 Å². The van der Waals surface area contributed by atoms with Gasteiger partial charge in [-0.2, -0.15) is 0 Å². The normalized spacial score (nSPS) is 17.5. The summed E-state index contributed by atoms with van der Waals surface area (Å²) in [7, 11) is 3.21. The Labute approximate surface area is 131 Å². The Morgan fingerprint density at radius 3 is 2.57 bits per heavy atom. The molecule has 0 aliphatic carbocycles. The largest absolute Gasteiger partial charge is 0.493 e. The van der Waals surface area contributed by atoms with Crippen molar-refractivity contribution in [2.45, 2.75) is 26.3 Å². The van der Waals surface area contributed by atoms with Gasteiger partial charge in [-0.1, -0.05) is 18.5 Å². The molecule has 0 spiro atoms. The number of hydrogen-bond acceptors (Lipinski definition) is 4. The van der Waals surface area contributed by atoms with Crippen molar-refractivity contribution >= 4 is 11.6 Å². The maximum atomic E-state index is 6.22. The van der Waals surface area contributed by atoms with Crippen molar-refractivity contribution in [1.29, 1.82) is 0 Å². The van der Waals surface area contributed by atoms with E-state index in [0.717, 1.165) is 44.7 Å². The molecule has 0 aromatic heterocycles. The average molecular weight is 314 g/mol. The zero-order valence-electron chi connectivity index (χ0n) is 13.0. The van der Waals surface area contributed by atoms with Crippen LogP contribution in [0.1, 0.15) is 25.3 Å². The van der Waals surface area contributed by atoms with Crippen LogP contribution >= 0.6 is 11.6 Å². The van der Waals surface area contributed by atoms with Crippen LogP contribution in [0.25, 0.3) is 0 Å². The van der Waals surface area contributed by atoms with Gasteiger partial charge in [0.1, 0.15) is 0 Å². The monoisotopic (exact) mass is 313 g/mol. The lowest BCUT2D eigenvalue weighted by Crippen LogP contribution is -2.36. The van der Waals surface area contributed by atoms with E-state index in [-0.39, 0.29) is 0 Å². The third-order valence-electron chi connectivity index (χ3n) is 4.07. The maximum Gasteiger partial charge on any atom is 0.179 e. The maximum absolute atomic E-state index is 6.22. The van der Waals surface area contributed by atoms with Gasteiger partial charge in [0.25, 0.3) is 0 Å². The molecular weight excluding hydrogens is 290 g/mol. The van der Waals surface area contributed by atoms with Crippen molar-refractivity contribution in [3.05, 3.63) is 22.7 Å². The average Bonchev–Trinajstić information content (AvgIpc) is 2.47. The quantitative estimate of drug-likeness (QED) is 0.875. The Hall–Kier alpha value is -0.970. The Bertz CT molecular complexity index is 473. The molecule has 0 bridgehead atoms. The number of halogens is 1. The van der Waals surface area contributed by atoms with Crippen LogP contribution in [-0.2, 0) is 11.3 Å². The summed E-state index contributed by atoms with van der Waals surface area (Å²) in [5, 5.41) is 4.09. The van der Waals surface area contributed by atoms with Crippen LogP contribution in [0.5, 0.6) is 11.5 Å². The van der Waals surface area contributed by atoms with E-state index in [9.17, 15) is 0 Å². The highest BCUT2D eigenvalue weighted by molar-refractivity contribution is 6.32. The van der Waals surface area contributed by atoms with Crippen LogP contribution in [-0.4, -0.2) is 34.0 Å². The molecule has 0 unspecified atom stereocenters.